The van der Waals surface area contributed by atoms with Crippen molar-refractivity contribution in [1.82, 2.24) is 5.32 Å². The molecule has 1 aliphatic rings. The quantitative estimate of drug-likeness (QED) is 0.669. The molecule has 5 heteroatoms. The van der Waals surface area contributed by atoms with Crippen LogP contribution in [0, 0.1) is 5.92 Å². The van der Waals surface area contributed by atoms with Gasteiger partial charge in [0, 0.05) is 18.9 Å². The van der Waals surface area contributed by atoms with Crippen molar-refractivity contribution in [2.75, 3.05) is 0 Å². The number of aliphatic carboxylic acids is 1. The number of aliphatic hydroxyl groups is 1. The van der Waals surface area contributed by atoms with E-state index < -0.39 is 5.97 Å². The SMILES string of the molecule is CC(CC(=O)O)CC(=O)NC1CCCC(O)C1. The first-order chi connectivity index (χ1) is 7.97. The van der Waals surface area contributed by atoms with Gasteiger partial charge in [0.25, 0.3) is 0 Å². The standard InChI is InChI=1S/C12H21NO4/c1-8(6-12(16)17)5-11(15)13-9-3-2-4-10(14)7-9/h8-10,14H,2-7H2,1H3,(H,13,15)(H,16,17). The van der Waals surface area contributed by atoms with E-state index in [-0.39, 0.29) is 36.8 Å². The van der Waals surface area contributed by atoms with E-state index in [1.54, 1.807) is 6.92 Å². The number of carboxylic acid groups (broad SMARTS) is 1. The minimum Gasteiger partial charge on any atom is -0.481 e. The van der Waals surface area contributed by atoms with Crippen LogP contribution in [0.5, 0.6) is 0 Å². The molecule has 0 bridgehead atoms. The highest BCUT2D eigenvalue weighted by Crippen LogP contribution is 2.18. The Morgan fingerprint density at radius 1 is 1.35 bits per heavy atom. The molecule has 17 heavy (non-hydrogen) atoms. The summed E-state index contributed by atoms with van der Waals surface area (Å²) in [7, 11) is 0. The Labute approximate surface area is 101 Å². The number of amides is 1. The fourth-order valence-corrected chi connectivity index (χ4v) is 2.27. The van der Waals surface area contributed by atoms with Gasteiger partial charge in [-0.1, -0.05) is 6.92 Å². The van der Waals surface area contributed by atoms with Gasteiger partial charge in [-0.2, -0.15) is 0 Å². The number of carbonyl (C=O) groups is 2. The van der Waals surface area contributed by atoms with Gasteiger partial charge in [0.05, 0.1) is 6.10 Å². The monoisotopic (exact) mass is 243 g/mol. The third-order valence-corrected chi connectivity index (χ3v) is 3.07. The van der Waals surface area contributed by atoms with Gasteiger partial charge >= 0.3 is 5.97 Å². The highest BCUT2D eigenvalue weighted by atomic mass is 16.4. The molecule has 1 amide bonds. The number of hydrogen-bond donors (Lipinski definition) is 3. The van der Waals surface area contributed by atoms with E-state index in [0.717, 1.165) is 19.3 Å². The van der Waals surface area contributed by atoms with Gasteiger partial charge in [-0.25, -0.2) is 0 Å². The van der Waals surface area contributed by atoms with Crippen molar-refractivity contribution >= 4 is 11.9 Å². The Morgan fingerprint density at radius 2 is 2.06 bits per heavy atom. The van der Waals surface area contributed by atoms with Crippen molar-refractivity contribution in [3.8, 4) is 0 Å². The second-order valence-electron chi connectivity index (χ2n) is 4.99. The summed E-state index contributed by atoms with van der Waals surface area (Å²) in [5.41, 5.74) is 0. The number of nitrogens with one attached hydrogen (secondary N) is 1. The lowest BCUT2D eigenvalue weighted by Crippen LogP contribution is -2.40. The van der Waals surface area contributed by atoms with E-state index in [9.17, 15) is 14.7 Å². The molecular weight excluding hydrogens is 222 g/mol. The van der Waals surface area contributed by atoms with Crippen molar-refractivity contribution in [2.24, 2.45) is 5.92 Å². The zero-order valence-corrected chi connectivity index (χ0v) is 10.2. The number of carbonyl (C=O) groups excluding carboxylic acids is 1. The van der Waals surface area contributed by atoms with E-state index in [0.29, 0.717) is 6.42 Å². The maximum absolute atomic E-state index is 11.6. The smallest absolute Gasteiger partial charge is 0.303 e. The lowest BCUT2D eigenvalue weighted by molar-refractivity contribution is -0.138. The van der Waals surface area contributed by atoms with E-state index in [1.807, 2.05) is 0 Å². The Morgan fingerprint density at radius 3 is 2.65 bits per heavy atom. The van der Waals surface area contributed by atoms with Crippen LogP contribution in [0.4, 0.5) is 0 Å². The summed E-state index contributed by atoms with van der Waals surface area (Å²) in [5, 5.41) is 20.9. The van der Waals surface area contributed by atoms with Crippen molar-refractivity contribution in [1.29, 1.82) is 0 Å². The number of aliphatic hydroxyl groups excluding tert-OH is 1. The third kappa shape index (κ3) is 5.68. The minimum absolute atomic E-state index is 0.0146. The molecule has 0 aliphatic heterocycles. The first kappa shape index (κ1) is 14.0. The van der Waals surface area contributed by atoms with E-state index in [2.05, 4.69) is 5.32 Å². The molecule has 0 aromatic heterocycles. The molecule has 0 spiro atoms. The van der Waals surface area contributed by atoms with E-state index in [4.69, 9.17) is 5.11 Å². The zero-order valence-electron chi connectivity index (χ0n) is 10.2. The molecule has 0 aromatic carbocycles. The van der Waals surface area contributed by atoms with Crippen LogP contribution in [0.15, 0.2) is 0 Å². The molecule has 1 aliphatic carbocycles. The summed E-state index contributed by atoms with van der Waals surface area (Å²) in [5.74, 6) is -1.14. The Balaban J connectivity index is 2.26. The molecule has 3 unspecified atom stereocenters. The molecule has 0 heterocycles. The molecule has 98 valence electrons. The van der Waals surface area contributed by atoms with Gasteiger partial charge in [-0.15, -0.1) is 0 Å². The Kier molecular flexibility index (Phi) is 5.41. The summed E-state index contributed by atoms with van der Waals surface area (Å²) < 4.78 is 0. The highest BCUT2D eigenvalue weighted by molar-refractivity contribution is 5.77. The van der Waals surface area contributed by atoms with Crippen LogP contribution in [0.1, 0.15) is 45.4 Å². The summed E-state index contributed by atoms with van der Waals surface area (Å²) in [6.07, 6.45) is 3.18. The molecule has 3 atom stereocenters. The third-order valence-electron chi connectivity index (χ3n) is 3.07. The molecule has 1 fully saturated rings. The van der Waals surface area contributed by atoms with Gasteiger partial charge in [-0.05, 0) is 31.6 Å². The van der Waals surface area contributed by atoms with E-state index >= 15 is 0 Å². The Hall–Kier alpha value is -1.10. The molecular formula is C12H21NO4. The molecule has 3 N–H and O–H groups in total. The van der Waals surface area contributed by atoms with Gasteiger partial charge in [0.1, 0.15) is 0 Å². The Bertz CT molecular complexity index is 280. The summed E-state index contributed by atoms with van der Waals surface area (Å²) in [6.45, 7) is 1.75. The number of carboxylic acids is 1. The fraction of sp³-hybridized carbons (Fsp3) is 0.833. The molecule has 5 nitrogen and oxygen atoms in total. The van der Waals surface area contributed by atoms with Crippen LogP contribution in [0.3, 0.4) is 0 Å². The van der Waals surface area contributed by atoms with Crippen LogP contribution >= 0.6 is 0 Å². The largest absolute Gasteiger partial charge is 0.481 e. The maximum atomic E-state index is 11.6. The summed E-state index contributed by atoms with van der Waals surface area (Å²) in [6, 6.07) is 0.0447. The van der Waals surface area contributed by atoms with Gasteiger partial charge in [0.15, 0.2) is 0 Å². The first-order valence-electron chi connectivity index (χ1n) is 6.16. The average molecular weight is 243 g/mol. The molecule has 0 radical (unpaired) electrons. The topological polar surface area (TPSA) is 86.6 Å². The molecule has 0 saturated heterocycles. The lowest BCUT2D eigenvalue weighted by atomic mass is 9.92. The maximum Gasteiger partial charge on any atom is 0.303 e. The number of rotatable bonds is 5. The van der Waals surface area contributed by atoms with Crippen LogP contribution in [0.2, 0.25) is 0 Å². The lowest BCUT2D eigenvalue weighted by Gasteiger charge is -2.27. The fourth-order valence-electron chi connectivity index (χ4n) is 2.27. The van der Waals surface area contributed by atoms with E-state index in [1.165, 1.54) is 0 Å². The van der Waals surface area contributed by atoms with Crippen LogP contribution < -0.4 is 5.32 Å². The van der Waals surface area contributed by atoms with Crippen molar-refractivity contribution in [3.63, 3.8) is 0 Å². The van der Waals surface area contributed by atoms with Crippen LogP contribution in [-0.4, -0.2) is 34.2 Å². The predicted octanol–water partition coefficient (Wildman–Crippen LogP) is 0.907. The first-order valence-corrected chi connectivity index (χ1v) is 6.16. The molecule has 1 rings (SSSR count). The van der Waals surface area contributed by atoms with Gasteiger partial charge in [0.2, 0.25) is 5.91 Å². The van der Waals surface area contributed by atoms with Crippen molar-refractivity contribution in [3.05, 3.63) is 0 Å². The predicted molar refractivity (Wildman–Crippen MR) is 62.4 cm³/mol. The van der Waals surface area contributed by atoms with Crippen LogP contribution in [0.25, 0.3) is 0 Å². The molecule has 1 saturated carbocycles. The molecule has 0 aromatic rings. The second kappa shape index (κ2) is 6.59. The van der Waals surface area contributed by atoms with Crippen LogP contribution in [-0.2, 0) is 9.59 Å². The van der Waals surface area contributed by atoms with Crippen molar-refractivity contribution in [2.45, 2.75) is 57.6 Å². The average Bonchev–Trinajstić information content (AvgIpc) is 2.14. The number of hydrogen-bond acceptors (Lipinski definition) is 3. The normalized spacial score (nSPS) is 26.2. The summed E-state index contributed by atoms with van der Waals surface area (Å²) in [4.78, 5) is 22.1. The van der Waals surface area contributed by atoms with Gasteiger partial charge in [-0.3, -0.25) is 9.59 Å². The second-order valence-corrected chi connectivity index (χ2v) is 4.99. The summed E-state index contributed by atoms with van der Waals surface area (Å²) >= 11 is 0. The highest BCUT2D eigenvalue weighted by Gasteiger charge is 2.22. The van der Waals surface area contributed by atoms with Gasteiger partial charge < -0.3 is 15.5 Å². The zero-order chi connectivity index (χ0) is 12.8. The minimum atomic E-state index is -0.876. The van der Waals surface area contributed by atoms with Crippen molar-refractivity contribution < 1.29 is 19.8 Å².